The summed E-state index contributed by atoms with van der Waals surface area (Å²) >= 11 is 15.8. The zero-order chi connectivity index (χ0) is 24.0. The molecule has 2 heterocycles. The van der Waals surface area contributed by atoms with Crippen LogP contribution in [0.15, 0.2) is 75.0 Å². The molecular formula is C26H19BrCl2N4O. The topological polar surface area (TPSA) is 52.2 Å². The lowest BCUT2D eigenvalue weighted by molar-refractivity contribution is 0.769. The zero-order valence-electron chi connectivity index (χ0n) is 18.4. The summed E-state index contributed by atoms with van der Waals surface area (Å²) in [7, 11) is 0. The van der Waals surface area contributed by atoms with Crippen LogP contribution < -0.4 is 5.56 Å². The molecule has 0 fully saturated rings. The Hall–Kier alpha value is -2.93. The Labute approximate surface area is 214 Å². The van der Waals surface area contributed by atoms with Crippen LogP contribution in [0.2, 0.25) is 10.0 Å². The first-order valence-electron chi connectivity index (χ1n) is 10.6. The number of hydrogen-bond donors (Lipinski definition) is 0. The second-order valence-electron chi connectivity index (χ2n) is 8.03. The predicted octanol–water partition coefficient (Wildman–Crippen LogP) is 6.97. The van der Waals surface area contributed by atoms with Gasteiger partial charge in [-0.15, -0.1) is 0 Å². The van der Waals surface area contributed by atoms with Gasteiger partial charge < -0.3 is 4.57 Å². The number of hydrogen-bond acceptors (Lipinski definition) is 3. The van der Waals surface area contributed by atoms with E-state index < -0.39 is 0 Å². The molecule has 0 aliphatic carbocycles. The van der Waals surface area contributed by atoms with E-state index in [2.05, 4.69) is 42.7 Å². The van der Waals surface area contributed by atoms with Gasteiger partial charge in [-0.2, -0.15) is 9.78 Å². The van der Waals surface area contributed by atoms with Gasteiger partial charge in [0.1, 0.15) is 5.82 Å². The fourth-order valence-electron chi connectivity index (χ4n) is 4.16. The number of aromatic nitrogens is 3. The van der Waals surface area contributed by atoms with Crippen molar-refractivity contribution in [3.05, 3.63) is 108 Å². The third kappa shape index (κ3) is 4.06. The summed E-state index contributed by atoms with van der Waals surface area (Å²) in [6.45, 7) is 4.45. The van der Waals surface area contributed by atoms with Crippen LogP contribution in [0.3, 0.4) is 0 Å². The molecule has 3 aromatic carbocycles. The summed E-state index contributed by atoms with van der Waals surface area (Å²) in [4.78, 5) is 17.7. The van der Waals surface area contributed by atoms with Crippen LogP contribution in [0.4, 0.5) is 0 Å². The zero-order valence-corrected chi connectivity index (χ0v) is 21.5. The molecule has 5 nitrogen and oxygen atoms in total. The molecule has 0 unspecified atom stereocenters. The molecule has 0 radical (unpaired) electrons. The van der Waals surface area contributed by atoms with Crippen molar-refractivity contribution in [1.29, 1.82) is 0 Å². The Morgan fingerprint density at radius 3 is 2.59 bits per heavy atom. The Kier molecular flexibility index (Phi) is 6.06. The summed E-state index contributed by atoms with van der Waals surface area (Å²) in [5, 5.41) is 7.18. The number of aryl methyl sites for hydroxylation is 1. The van der Waals surface area contributed by atoms with Crippen LogP contribution in [0.1, 0.15) is 22.6 Å². The molecule has 5 aromatic rings. The van der Waals surface area contributed by atoms with Crippen molar-refractivity contribution in [2.24, 2.45) is 5.10 Å². The number of nitrogens with zero attached hydrogens (tertiary/aromatic N) is 4. The highest BCUT2D eigenvalue weighted by Gasteiger charge is 2.14. The van der Waals surface area contributed by atoms with E-state index in [1.54, 1.807) is 19.2 Å². The van der Waals surface area contributed by atoms with E-state index in [0.717, 1.165) is 32.2 Å². The Bertz CT molecular complexity index is 1670. The number of halogens is 3. The van der Waals surface area contributed by atoms with Crippen molar-refractivity contribution in [2.75, 3.05) is 0 Å². The number of benzene rings is 3. The number of fused-ring (bicyclic) bond motifs is 2. The highest BCUT2D eigenvalue weighted by Crippen LogP contribution is 2.28. The minimum absolute atomic E-state index is 0.211. The quantitative estimate of drug-likeness (QED) is 0.226. The SMILES string of the molecule is Cc1nc2ccc(Br)cc2c(=O)n1N=Cc1c(C)n(Cc2ccc(Cl)c(Cl)c2)c2ccccc12. The van der Waals surface area contributed by atoms with Crippen molar-refractivity contribution in [2.45, 2.75) is 20.4 Å². The van der Waals surface area contributed by atoms with Gasteiger partial charge in [0.25, 0.3) is 5.56 Å². The van der Waals surface area contributed by atoms with Gasteiger partial charge in [0.2, 0.25) is 0 Å². The van der Waals surface area contributed by atoms with Gasteiger partial charge in [-0.25, -0.2) is 4.98 Å². The van der Waals surface area contributed by atoms with Crippen LogP contribution in [0.5, 0.6) is 0 Å². The lowest BCUT2D eigenvalue weighted by Gasteiger charge is -2.10. The van der Waals surface area contributed by atoms with E-state index >= 15 is 0 Å². The Balaban J connectivity index is 1.62. The first-order chi connectivity index (χ1) is 16.3. The third-order valence-electron chi connectivity index (χ3n) is 5.88. The normalized spacial score (nSPS) is 11.8. The van der Waals surface area contributed by atoms with Crippen LogP contribution in [0.25, 0.3) is 21.8 Å². The Morgan fingerprint density at radius 2 is 1.79 bits per heavy atom. The van der Waals surface area contributed by atoms with Gasteiger partial charge in [-0.05, 0) is 55.8 Å². The molecule has 2 aromatic heterocycles. The van der Waals surface area contributed by atoms with E-state index in [1.165, 1.54) is 4.68 Å². The maximum Gasteiger partial charge on any atom is 0.282 e. The molecule has 170 valence electrons. The molecule has 8 heteroatoms. The molecule has 0 spiro atoms. The molecular weight excluding hydrogens is 535 g/mol. The molecule has 0 saturated heterocycles. The van der Waals surface area contributed by atoms with Crippen LogP contribution in [0, 0.1) is 13.8 Å². The number of rotatable bonds is 4. The molecule has 5 rings (SSSR count). The standard InChI is InChI=1S/C26H19BrCl2N4O/c1-15-21(13-30-33-16(2)31-24-10-8-18(27)12-20(24)26(33)34)19-5-3-4-6-25(19)32(15)14-17-7-9-22(28)23(29)11-17/h3-13H,14H2,1-2H3. The molecule has 0 aliphatic heterocycles. The fourth-order valence-corrected chi connectivity index (χ4v) is 4.84. The molecule has 0 atom stereocenters. The first-order valence-corrected chi connectivity index (χ1v) is 12.1. The summed E-state index contributed by atoms with van der Waals surface area (Å²) in [6.07, 6.45) is 1.74. The van der Waals surface area contributed by atoms with Crippen molar-refractivity contribution in [3.8, 4) is 0 Å². The van der Waals surface area contributed by atoms with Gasteiger partial charge in [0, 0.05) is 33.2 Å². The van der Waals surface area contributed by atoms with Gasteiger partial charge in [-0.1, -0.05) is 63.4 Å². The average molecular weight is 554 g/mol. The highest BCUT2D eigenvalue weighted by atomic mass is 79.9. The Morgan fingerprint density at radius 1 is 1.00 bits per heavy atom. The molecule has 0 saturated carbocycles. The summed E-state index contributed by atoms with van der Waals surface area (Å²) in [5.41, 5.74) is 4.51. The van der Waals surface area contributed by atoms with Crippen LogP contribution >= 0.6 is 39.1 Å². The van der Waals surface area contributed by atoms with Crippen molar-refractivity contribution >= 4 is 67.2 Å². The smallest absolute Gasteiger partial charge is 0.282 e. The van der Waals surface area contributed by atoms with E-state index in [9.17, 15) is 4.79 Å². The van der Waals surface area contributed by atoms with E-state index in [0.29, 0.717) is 33.3 Å². The van der Waals surface area contributed by atoms with Crippen molar-refractivity contribution < 1.29 is 0 Å². The maximum absolute atomic E-state index is 13.1. The van der Waals surface area contributed by atoms with E-state index in [4.69, 9.17) is 23.2 Å². The summed E-state index contributed by atoms with van der Waals surface area (Å²) in [6, 6.07) is 19.3. The van der Waals surface area contributed by atoms with Gasteiger partial charge in [-0.3, -0.25) is 4.79 Å². The lowest BCUT2D eigenvalue weighted by atomic mass is 10.1. The van der Waals surface area contributed by atoms with Gasteiger partial charge in [0.05, 0.1) is 27.2 Å². The first kappa shape index (κ1) is 22.8. The van der Waals surface area contributed by atoms with Gasteiger partial charge in [0.15, 0.2) is 0 Å². The lowest BCUT2D eigenvalue weighted by Crippen LogP contribution is -2.20. The second kappa shape index (κ2) is 9.02. The second-order valence-corrected chi connectivity index (χ2v) is 9.76. The maximum atomic E-state index is 13.1. The molecule has 0 bridgehead atoms. The molecule has 0 amide bonds. The minimum Gasteiger partial charge on any atom is -0.340 e. The fraction of sp³-hybridized carbons (Fsp3) is 0.115. The van der Waals surface area contributed by atoms with Gasteiger partial charge >= 0.3 is 0 Å². The van der Waals surface area contributed by atoms with E-state index in [1.807, 2.05) is 49.4 Å². The summed E-state index contributed by atoms with van der Waals surface area (Å²) < 4.78 is 4.38. The van der Waals surface area contributed by atoms with Crippen LogP contribution in [-0.4, -0.2) is 20.4 Å². The summed E-state index contributed by atoms with van der Waals surface area (Å²) in [5.74, 6) is 0.522. The van der Waals surface area contributed by atoms with E-state index in [-0.39, 0.29) is 5.56 Å². The minimum atomic E-state index is -0.211. The molecule has 34 heavy (non-hydrogen) atoms. The third-order valence-corrected chi connectivity index (χ3v) is 7.11. The highest BCUT2D eigenvalue weighted by molar-refractivity contribution is 9.10. The molecule has 0 N–H and O–H groups in total. The van der Waals surface area contributed by atoms with Crippen LogP contribution in [-0.2, 0) is 6.54 Å². The predicted molar refractivity (Wildman–Crippen MR) is 144 cm³/mol. The average Bonchev–Trinajstić information content (AvgIpc) is 3.08. The largest absolute Gasteiger partial charge is 0.340 e. The number of para-hydroxylation sites is 1. The molecule has 0 aliphatic rings. The van der Waals surface area contributed by atoms with Crippen molar-refractivity contribution in [1.82, 2.24) is 14.2 Å². The monoisotopic (exact) mass is 552 g/mol. The van der Waals surface area contributed by atoms with Crippen molar-refractivity contribution in [3.63, 3.8) is 0 Å².